The van der Waals surface area contributed by atoms with Crippen LogP contribution in [0.15, 0.2) is 35.1 Å². The quantitative estimate of drug-likeness (QED) is 0.621. The Hall–Kier alpha value is -2.90. The van der Waals surface area contributed by atoms with Crippen LogP contribution in [-0.2, 0) is 6.54 Å². The number of benzene rings is 1. The smallest absolute Gasteiger partial charge is 0.292 e. The number of hydrogen-bond donors (Lipinski definition) is 2. The topological polar surface area (TPSA) is 110 Å². The second-order valence-electron chi connectivity index (χ2n) is 4.19. The van der Waals surface area contributed by atoms with Gasteiger partial charge in [0, 0.05) is 24.2 Å². The van der Waals surface area contributed by atoms with E-state index in [4.69, 9.17) is 0 Å². The van der Waals surface area contributed by atoms with E-state index >= 15 is 0 Å². The molecule has 110 valence electrons. The summed E-state index contributed by atoms with van der Waals surface area (Å²) in [5.41, 5.74) is 1.18. The molecule has 0 aliphatic heterocycles. The zero-order valence-corrected chi connectivity index (χ0v) is 11.3. The standard InChI is InChI=1S/C13H14N4O4/c1-2-14-11-7-9(3-4-12(11)17(19)20)13(18)15-8-10-5-6-21-16-10/h3-7,14H,2,8H2,1H3,(H,15,18). The summed E-state index contributed by atoms with van der Waals surface area (Å²) in [6, 6.07) is 5.82. The van der Waals surface area contributed by atoms with Crippen molar-refractivity contribution in [2.75, 3.05) is 11.9 Å². The summed E-state index contributed by atoms with van der Waals surface area (Å²) in [7, 11) is 0. The minimum absolute atomic E-state index is 0.0649. The van der Waals surface area contributed by atoms with Crippen LogP contribution >= 0.6 is 0 Å². The lowest BCUT2D eigenvalue weighted by Gasteiger charge is -2.07. The van der Waals surface area contributed by atoms with Crippen LogP contribution in [0, 0.1) is 10.1 Å². The molecule has 1 aromatic carbocycles. The van der Waals surface area contributed by atoms with Gasteiger partial charge in [-0.2, -0.15) is 0 Å². The molecule has 1 amide bonds. The minimum Gasteiger partial charge on any atom is -0.380 e. The van der Waals surface area contributed by atoms with Crippen LogP contribution in [0.4, 0.5) is 11.4 Å². The monoisotopic (exact) mass is 290 g/mol. The van der Waals surface area contributed by atoms with Gasteiger partial charge in [-0.15, -0.1) is 0 Å². The third-order valence-electron chi connectivity index (χ3n) is 2.74. The Labute approximate surface area is 120 Å². The molecule has 0 spiro atoms. The average Bonchev–Trinajstić information content (AvgIpc) is 2.98. The van der Waals surface area contributed by atoms with Crippen molar-refractivity contribution in [3.63, 3.8) is 0 Å². The highest BCUT2D eigenvalue weighted by atomic mass is 16.6. The molecule has 8 heteroatoms. The molecule has 2 N–H and O–H groups in total. The van der Waals surface area contributed by atoms with Gasteiger partial charge in [0.25, 0.3) is 11.6 Å². The van der Waals surface area contributed by atoms with Gasteiger partial charge < -0.3 is 15.2 Å². The Morgan fingerprint density at radius 1 is 1.43 bits per heavy atom. The molecule has 0 saturated heterocycles. The maximum atomic E-state index is 12.0. The molecule has 8 nitrogen and oxygen atoms in total. The molecule has 1 aromatic heterocycles. The number of hydrogen-bond acceptors (Lipinski definition) is 6. The van der Waals surface area contributed by atoms with Crippen LogP contribution in [0.3, 0.4) is 0 Å². The summed E-state index contributed by atoms with van der Waals surface area (Å²) >= 11 is 0. The minimum atomic E-state index is -0.491. The number of nitrogens with zero attached hydrogens (tertiary/aromatic N) is 2. The van der Waals surface area contributed by atoms with Gasteiger partial charge in [-0.05, 0) is 19.1 Å². The molecular formula is C13H14N4O4. The van der Waals surface area contributed by atoms with Crippen molar-refractivity contribution in [2.24, 2.45) is 0 Å². The normalized spacial score (nSPS) is 10.1. The largest absolute Gasteiger partial charge is 0.380 e. The molecule has 0 unspecified atom stereocenters. The van der Waals surface area contributed by atoms with Crippen molar-refractivity contribution in [2.45, 2.75) is 13.5 Å². The molecule has 21 heavy (non-hydrogen) atoms. The van der Waals surface area contributed by atoms with E-state index in [2.05, 4.69) is 20.3 Å². The predicted octanol–water partition coefficient (Wildman–Crippen LogP) is 1.94. The third-order valence-corrected chi connectivity index (χ3v) is 2.74. The zero-order valence-electron chi connectivity index (χ0n) is 11.3. The van der Waals surface area contributed by atoms with Gasteiger partial charge in [0.2, 0.25) is 0 Å². The van der Waals surface area contributed by atoms with Gasteiger partial charge in [-0.25, -0.2) is 0 Å². The molecule has 0 aliphatic carbocycles. The Kier molecular flexibility index (Phi) is 4.50. The Bertz CT molecular complexity index is 640. The number of rotatable bonds is 6. The van der Waals surface area contributed by atoms with Crippen LogP contribution in [0.2, 0.25) is 0 Å². The Morgan fingerprint density at radius 3 is 2.86 bits per heavy atom. The van der Waals surface area contributed by atoms with E-state index in [0.717, 1.165) is 0 Å². The molecule has 0 radical (unpaired) electrons. The van der Waals surface area contributed by atoms with E-state index in [9.17, 15) is 14.9 Å². The molecule has 0 fully saturated rings. The lowest BCUT2D eigenvalue weighted by Crippen LogP contribution is -2.23. The lowest BCUT2D eigenvalue weighted by molar-refractivity contribution is -0.384. The maximum absolute atomic E-state index is 12.0. The molecule has 1 heterocycles. The van der Waals surface area contributed by atoms with Gasteiger partial charge >= 0.3 is 0 Å². The van der Waals surface area contributed by atoms with E-state index < -0.39 is 4.92 Å². The van der Waals surface area contributed by atoms with E-state index in [0.29, 0.717) is 23.5 Å². The number of nitrogens with one attached hydrogen (secondary N) is 2. The average molecular weight is 290 g/mol. The van der Waals surface area contributed by atoms with Crippen molar-refractivity contribution < 1.29 is 14.2 Å². The number of nitro groups is 1. The van der Waals surface area contributed by atoms with Crippen molar-refractivity contribution in [3.05, 3.63) is 51.9 Å². The molecule has 2 aromatic rings. The van der Waals surface area contributed by atoms with Gasteiger partial charge in [-0.3, -0.25) is 14.9 Å². The van der Waals surface area contributed by atoms with Crippen LogP contribution in [0.25, 0.3) is 0 Å². The lowest BCUT2D eigenvalue weighted by atomic mass is 10.1. The second kappa shape index (κ2) is 6.51. The first-order chi connectivity index (χ1) is 10.1. The van der Waals surface area contributed by atoms with Gasteiger partial charge in [0.05, 0.1) is 11.5 Å². The summed E-state index contributed by atoms with van der Waals surface area (Å²) in [5, 5.41) is 20.1. The van der Waals surface area contributed by atoms with E-state index in [-0.39, 0.29) is 18.1 Å². The highest BCUT2D eigenvalue weighted by Gasteiger charge is 2.16. The van der Waals surface area contributed by atoms with Crippen molar-refractivity contribution >= 4 is 17.3 Å². The number of nitro benzene ring substituents is 1. The highest BCUT2D eigenvalue weighted by Crippen LogP contribution is 2.25. The molecule has 2 rings (SSSR count). The number of aromatic nitrogens is 1. The Morgan fingerprint density at radius 2 is 2.24 bits per heavy atom. The summed E-state index contributed by atoms with van der Waals surface area (Å²) < 4.78 is 4.66. The molecule has 0 bridgehead atoms. The SMILES string of the molecule is CCNc1cc(C(=O)NCc2ccon2)ccc1[N+](=O)[O-]. The Balaban J connectivity index is 2.13. The highest BCUT2D eigenvalue weighted by molar-refractivity contribution is 5.95. The third kappa shape index (κ3) is 3.56. The zero-order chi connectivity index (χ0) is 15.2. The predicted molar refractivity (Wildman–Crippen MR) is 74.9 cm³/mol. The second-order valence-corrected chi connectivity index (χ2v) is 4.19. The van der Waals surface area contributed by atoms with Crippen LogP contribution in [0.1, 0.15) is 23.0 Å². The number of carbonyl (C=O) groups excluding carboxylic acids is 1. The fraction of sp³-hybridized carbons (Fsp3) is 0.231. The molecule has 0 saturated carbocycles. The maximum Gasteiger partial charge on any atom is 0.292 e. The van der Waals surface area contributed by atoms with E-state index in [1.807, 2.05) is 6.92 Å². The van der Waals surface area contributed by atoms with E-state index in [1.165, 1.54) is 24.5 Å². The summed E-state index contributed by atoms with van der Waals surface area (Å²) in [4.78, 5) is 22.4. The molecule has 0 aliphatic rings. The summed E-state index contributed by atoms with van der Waals surface area (Å²) in [6.07, 6.45) is 1.41. The van der Waals surface area contributed by atoms with Gasteiger partial charge in [0.1, 0.15) is 17.6 Å². The fourth-order valence-corrected chi connectivity index (χ4v) is 1.77. The van der Waals surface area contributed by atoms with Crippen LogP contribution in [0.5, 0.6) is 0 Å². The first-order valence-electron chi connectivity index (χ1n) is 6.31. The number of carbonyl (C=O) groups is 1. The first-order valence-corrected chi connectivity index (χ1v) is 6.31. The van der Waals surface area contributed by atoms with Crippen LogP contribution in [-0.4, -0.2) is 22.5 Å². The van der Waals surface area contributed by atoms with Crippen molar-refractivity contribution in [1.82, 2.24) is 10.5 Å². The summed E-state index contributed by atoms with van der Waals surface area (Å²) in [6.45, 7) is 2.56. The number of amides is 1. The van der Waals surface area contributed by atoms with Gasteiger partial charge in [0.15, 0.2) is 0 Å². The summed E-state index contributed by atoms with van der Waals surface area (Å²) in [5.74, 6) is -0.341. The van der Waals surface area contributed by atoms with Crippen molar-refractivity contribution in [1.29, 1.82) is 0 Å². The number of anilines is 1. The van der Waals surface area contributed by atoms with Crippen LogP contribution < -0.4 is 10.6 Å². The molecular weight excluding hydrogens is 276 g/mol. The fourth-order valence-electron chi connectivity index (χ4n) is 1.77. The first kappa shape index (κ1) is 14.5. The van der Waals surface area contributed by atoms with Gasteiger partial charge in [-0.1, -0.05) is 5.16 Å². The van der Waals surface area contributed by atoms with Crippen molar-refractivity contribution in [3.8, 4) is 0 Å². The van der Waals surface area contributed by atoms with E-state index in [1.54, 1.807) is 6.07 Å². The molecule has 0 atom stereocenters.